The van der Waals surface area contributed by atoms with Gasteiger partial charge in [-0.05, 0) is 19.9 Å². The molecular weight excluding hydrogens is 178 g/mol. The van der Waals surface area contributed by atoms with Gasteiger partial charge >= 0.3 is 0 Å². The van der Waals surface area contributed by atoms with Crippen molar-refractivity contribution < 1.29 is 9.84 Å². The SMILES string of the molecule is CC(C)Oc1ccccc1C(N)CO. The van der Waals surface area contributed by atoms with Gasteiger partial charge in [-0.15, -0.1) is 0 Å². The van der Waals surface area contributed by atoms with Crippen LogP contribution in [-0.4, -0.2) is 17.8 Å². The van der Waals surface area contributed by atoms with E-state index in [1.165, 1.54) is 0 Å². The smallest absolute Gasteiger partial charge is 0.124 e. The first-order chi connectivity index (χ1) is 6.65. The molecule has 0 saturated heterocycles. The second kappa shape index (κ2) is 4.98. The summed E-state index contributed by atoms with van der Waals surface area (Å²) in [4.78, 5) is 0. The Morgan fingerprint density at radius 2 is 2.00 bits per heavy atom. The summed E-state index contributed by atoms with van der Waals surface area (Å²) >= 11 is 0. The number of nitrogens with two attached hydrogens (primary N) is 1. The Labute approximate surface area is 84.5 Å². The van der Waals surface area contributed by atoms with Crippen molar-refractivity contribution in [2.75, 3.05) is 6.61 Å². The fourth-order valence-electron chi connectivity index (χ4n) is 1.25. The first kappa shape index (κ1) is 11.0. The molecule has 1 atom stereocenters. The summed E-state index contributed by atoms with van der Waals surface area (Å²) in [6.45, 7) is 3.85. The molecule has 14 heavy (non-hydrogen) atoms. The molecule has 3 nitrogen and oxygen atoms in total. The molecular formula is C11H17NO2. The third kappa shape index (κ3) is 2.72. The summed E-state index contributed by atoms with van der Waals surface area (Å²) in [6, 6.07) is 7.15. The normalized spacial score (nSPS) is 12.9. The van der Waals surface area contributed by atoms with Gasteiger partial charge in [0.15, 0.2) is 0 Å². The van der Waals surface area contributed by atoms with Crippen molar-refractivity contribution in [3.63, 3.8) is 0 Å². The number of aliphatic hydroxyl groups is 1. The zero-order valence-electron chi connectivity index (χ0n) is 8.60. The van der Waals surface area contributed by atoms with Crippen LogP contribution in [0.4, 0.5) is 0 Å². The van der Waals surface area contributed by atoms with Crippen molar-refractivity contribution in [3.8, 4) is 5.75 Å². The van der Waals surface area contributed by atoms with Crippen LogP contribution in [0.3, 0.4) is 0 Å². The van der Waals surface area contributed by atoms with Crippen LogP contribution in [0.15, 0.2) is 24.3 Å². The summed E-state index contributed by atoms with van der Waals surface area (Å²) in [5, 5.41) is 8.97. The summed E-state index contributed by atoms with van der Waals surface area (Å²) in [5.74, 6) is 0.754. The van der Waals surface area contributed by atoms with E-state index in [1.807, 2.05) is 38.1 Å². The van der Waals surface area contributed by atoms with Gasteiger partial charge in [0, 0.05) is 5.56 Å². The largest absolute Gasteiger partial charge is 0.491 e. The second-order valence-corrected chi connectivity index (χ2v) is 3.49. The quantitative estimate of drug-likeness (QED) is 0.764. The van der Waals surface area contributed by atoms with Crippen molar-refractivity contribution in [3.05, 3.63) is 29.8 Å². The van der Waals surface area contributed by atoms with Crippen LogP contribution in [0.2, 0.25) is 0 Å². The number of benzene rings is 1. The Balaban J connectivity index is 2.91. The van der Waals surface area contributed by atoms with Crippen molar-refractivity contribution in [1.82, 2.24) is 0 Å². The van der Waals surface area contributed by atoms with Gasteiger partial charge in [-0.25, -0.2) is 0 Å². The maximum absolute atomic E-state index is 8.97. The lowest BCUT2D eigenvalue weighted by molar-refractivity contribution is 0.229. The molecule has 3 heteroatoms. The molecule has 3 N–H and O–H groups in total. The lowest BCUT2D eigenvalue weighted by atomic mass is 10.1. The third-order valence-corrected chi connectivity index (χ3v) is 1.88. The predicted octanol–water partition coefficient (Wildman–Crippen LogP) is 1.47. The van der Waals surface area contributed by atoms with E-state index in [1.54, 1.807) is 0 Å². The minimum Gasteiger partial charge on any atom is -0.491 e. The van der Waals surface area contributed by atoms with Crippen LogP contribution in [0.5, 0.6) is 5.75 Å². The average molecular weight is 195 g/mol. The highest BCUT2D eigenvalue weighted by Crippen LogP contribution is 2.24. The Bertz CT molecular complexity index is 286. The fourth-order valence-corrected chi connectivity index (χ4v) is 1.25. The van der Waals surface area contributed by atoms with Crippen LogP contribution in [0.1, 0.15) is 25.5 Å². The average Bonchev–Trinajstić information content (AvgIpc) is 2.16. The van der Waals surface area contributed by atoms with Gasteiger partial charge in [-0.3, -0.25) is 0 Å². The van der Waals surface area contributed by atoms with E-state index in [-0.39, 0.29) is 18.8 Å². The van der Waals surface area contributed by atoms with Crippen molar-refractivity contribution >= 4 is 0 Å². The molecule has 0 aliphatic heterocycles. The lowest BCUT2D eigenvalue weighted by Gasteiger charge is -2.17. The van der Waals surface area contributed by atoms with E-state index >= 15 is 0 Å². The maximum Gasteiger partial charge on any atom is 0.124 e. The van der Waals surface area contributed by atoms with Gasteiger partial charge < -0.3 is 15.6 Å². The van der Waals surface area contributed by atoms with Crippen LogP contribution in [-0.2, 0) is 0 Å². The molecule has 0 saturated carbocycles. The van der Waals surface area contributed by atoms with Crippen LogP contribution in [0.25, 0.3) is 0 Å². The van der Waals surface area contributed by atoms with Crippen molar-refractivity contribution in [1.29, 1.82) is 0 Å². The molecule has 1 rings (SSSR count). The standard InChI is InChI=1S/C11H17NO2/c1-8(2)14-11-6-4-3-5-9(11)10(12)7-13/h3-6,8,10,13H,7,12H2,1-2H3. The second-order valence-electron chi connectivity index (χ2n) is 3.49. The molecule has 1 unspecified atom stereocenters. The summed E-state index contributed by atoms with van der Waals surface area (Å²) in [6.07, 6.45) is 0.113. The van der Waals surface area contributed by atoms with Gasteiger partial charge in [-0.1, -0.05) is 18.2 Å². The number of para-hydroxylation sites is 1. The van der Waals surface area contributed by atoms with Gasteiger partial charge in [0.2, 0.25) is 0 Å². The number of ether oxygens (including phenoxy) is 1. The highest BCUT2D eigenvalue weighted by Gasteiger charge is 2.11. The zero-order valence-corrected chi connectivity index (χ0v) is 8.60. The fraction of sp³-hybridized carbons (Fsp3) is 0.455. The Morgan fingerprint density at radius 3 is 2.57 bits per heavy atom. The Hall–Kier alpha value is -1.06. The zero-order chi connectivity index (χ0) is 10.6. The van der Waals surface area contributed by atoms with E-state index in [0.717, 1.165) is 11.3 Å². The number of hydrogen-bond donors (Lipinski definition) is 2. The summed E-state index contributed by atoms with van der Waals surface area (Å²) in [7, 11) is 0. The first-order valence-electron chi connectivity index (χ1n) is 4.77. The first-order valence-corrected chi connectivity index (χ1v) is 4.77. The monoisotopic (exact) mass is 195 g/mol. The molecule has 0 fully saturated rings. The molecule has 0 heterocycles. The predicted molar refractivity (Wildman–Crippen MR) is 56.2 cm³/mol. The molecule has 78 valence electrons. The third-order valence-electron chi connectivity index (χ3n) is 1.88. The van der Waals surface area contributed by atoms with E-state index in [0.29, 0.717) is 0 Å². The van der Waals surface area contributed by atoms with E-state index in [4.69, 9.17) is 15.6 Å². The van der Waals surface area contributed by atoms with Crippen LogP contribution in [0, 0.1) is 0 Å². The van der Waals surface area contributed by atoms with E-state index in [9.17, 15) is 0 Å². The number of aliphatic hydroxyl groups excluding tert-OH is 1. The molecule has 0 aromatic heterocycles. The van der Waals surface area contributed by atoms with E-state index < -0.39 is 0 Å². The van der Waals surface area contributed by atoms with Gasteiger partial charge in [0.05, 0.1) is 18.8 Å². The molecule has 0 aliphatic carbocycles. The Morgan fingerprint density at radius 1 is 1.36 bits per heavy atom. The minimum atomic E-state index is -0.370. The van der Waals surface area contributed by atoms with Gasteiger partial charge in [-0.2, -0.15) is 0 Å². The number of rotatable bonds is 4. The van der Waals surface area contributed by atoms with Gasteiger partial charge in [0.25, 0.3) is 0 Å². The van der Waals surface area contributed by atoms with Crippen molar-refractivity contribution in [2.24, 2.45) is 5.73 Å². The number of hydrogen-bond acceptors (Lipinski definition) is 3. The highest BCUT2D eigenvalue weighted by molar-refractivity contribution is 5.35. The molecule has 0 radical (unpaired) electrons. The molecule has 0 amide bonds. The molecule has 1 aromatic carbocycles. The van der Waals surface area contributed by atoms with Crippen LogP contribution < -0.4 is 10.5 Å². The van der Waals surface area contributed by atoms with E-state index in [2.05, 4.69) is 0 Å². The van der Waals surface area contributed by atoms with Gasteiger partial charge in [0.1, 0.15) is 5.75 Å². The summed E-state index contributed by atoms with van der Waals surface area (Å²) in [5.41, 5.74) is 6.59. The van der Waals surface area contributed by atoms with Crippen LogP contribution >= 0.6 is 0 Å². The molecule has 0 bridgehead atoms. The highest BCUT2D eigenvalue weighted by atomic mass is 16.5. The Kier molecular flexibility index (Phi) is 3.92. The molecule has 0 aliphatic rings. The maximum atomic E-state index is 8.97. The molecule has 1 aromatic rings. The summed E-state index contributed by atoms with van der Waals surface area (Å²) < 4.78 is 5.58. The molecule has 0 spiro atoms. The topological polar surface area (TPSA) is 55.5 Å². The van der Waals surface area contributed by atoms with Crippen molar-refractivity contribution in [2.45, 2.75) is 26.0 Å². The lowest BCUT2D eigenvalue weighted by Crippen LogP contribution is -2.17. The minimum absolute atomic E-state index is 0.0710.